The van der Waals surface area contributed by atoms with Gasteiger partial charge in [0.25, 0.3) is 0 Å². The molecular weight excluding hydrogens is 635 g/mol. The van der Waals surface area contributed by atoms with Crippen LogP contribution in [0.1, 0.15) is 5.82 Å². The van der Waals surface area contributed by atoms with Crippen molar-refractivity contribution in [3.63, 3.8) is 0 Å². The van der Waals surface area contributed by atoms with Gasteiger partial charge in [-0.05, 0) is 12.1 Å². The second-order valence-electron chi connectivity index (χ2n) is 11.8. The van der Waals surface area contributed by atoms with E-state index in [4.69, 9.17) is 29.3 Å². The summed E-state index contributed by atoms with van der Waals surface area (Å²) in [6, 6.07) is 44.3. The highest BCUT2D eigenvalue weighted by Gasteiger charge is 2.20. The molecule has 0 spiro atoms. The van der Waals surface area contributed by atoms with Crippen LogP contribution in [0.15, 0.2) is 151 Å². The van der Waals surface area contributed by atoms with E-state index in [1.54, 1.807) is 17.4 Å². The number of fused-ring (bicyclic) bond motifs is 4. The maximum absolute atomic E-state index is 6.61. The first-order valence-electron chi connectivity index (χ1n) is 16.2. The van der Waals surface area contributed by atoms with E-state index in [-0.39, 0.29) is 0 Å². The van der Waals surface area contributed by atoms with Gasteiger partial charge in [0.2, 0.25) is 0 Å². The lowest BCUT2D eigenvalue weighted by atomic mass is 10.1. The number of rotatable bonds is 6. The minimum absolute atomic E-state index is 0.512. The van der Waals surface area contributed by atoms with Crippen molar-refractivity contribution < 1.29 is 4.42 Å². The molecule has 6 nitrogen and oxygen atoms in total. The van der Waals surface area contributed by atoms with Crippen LogP contribution in [-0.4, -0.2) is 24.9 Å². The van der Waals surface area contributed by atoms with Crippen LogP contribution in [0.25, 0.3) is 88.8 Å². The fourth-order valence-electron chi connectivity index (χ4n) is 6.33. The number of nitrogens with zero attached hydrogens (tertiary/aromatic N) is 5. The van der Waals surface area contributed by atoms with Crippen molar-refractivity contribution in [2.24, 2.45) is 0 Å². The molecule has 4 aromatic heterocycles. The van der Waals surface area contributed by atoms with Crippen molar-refractivity contribution in [1.29, 1.82) is 0 Å². The first-order chi connectivity index (χ1) is 24.7. The van der Waals surface area contributed by atoms with Crippen LogP contribution in [-0.2, 0) is 0 Å². The second kappa shape index (κ2) is 12.1. The Labute approximate surface area is 291 Å². The van der Waals surface area contributed by atoms with Crippen molar-refractivity contribution in [3.05, 3.63) is 163 Å². The summed E-state index contributed by atoms with van der Waals surface area (Å²) in [4.78, 5) is 25.2. The Morgan fingerprint density at radius 2 is 1.20 bits per heavy atom. The van der Waals surface area contributed by atoms with E-state index in [1.807, 2.05) is 103 Å². The third kappa shape index (κ3) is 5.00. The van der Waals surface area contributed by atoms with E-state index in [0.717, 1.165) is 53.6 Å². The summed E-state index contributed by atoms with van der Waals surface area (Å²) in [5.41, 5.74) is 7.18. The highest BCUT2D eigenvalue weighted by molar-refractivity contribution is 7.26. The highest BCUT2D eigenvalue weighted by atomic mass is 32.1. The zero-order chi connectivity index (χ0) is 33.6. The molecule has 9 rings (SSSR count). The molecule has 0 aliphatic heterocycles. The third-order valence-electron chi connectivity index (χ3n) is 8.71. The number of allylic oxidation sites excluding steroid dienone is 1. The molecule has 0 fully saturated rings. The number of hydrogen-bond donors (Lipinski definition) is 0. The molecule has 0 radical (unpaired) electrons. The van der Waals surface area contributed by atoms with Crippen molar-refractivity contribution in [1.82, 2.24) is 24.9 Å². The van der Waals surface area contributed by atoms with Gasteiger partial charge < -0.3 is 4.42 Å². The SMILES string of the molecule is C=C/C(c1nc(-c2ccccc2)c2sc3ccccc3c2n1)=c1/oc2cccc(-c3nc(-c4ccccc4)nc(-c4ccccc4)n3)c2c1=C. The standard InChI is InChI=1S/C43H27N5OS/c1-3-30(42-44-36(27-16-7-4-8-17-27)39-37(45-42)31-22-13-14-25-34(31)50-39)38-26(2)35-32(23-15-24-33(35)49-38)43-47-40(28-18-9-5-10-19-28)46-41(48-43)29-20-11-6-12-21-29/h3-25H,1-2H2/b38-30-. The Morgan fingerprint density at radius 3 is 1.86 bits per heavy atom. The maximum Gasteiger partial charge on any atom is 0.164 e. The van der Waals surface area contributed by atoms with E-state index < -0.39 is 0 Å². The van der Waals surface area contributed by atoms with Crippen LogP contribution in [0.4, 0.5) is 0 Å². The summed E-state index contributed by atoms with van der Waals surface area (Å²) < 4.78 is 8.79. The molecule has 0 amide bonds. The van der Waals surface area contributed by atoms with Crippen molar-refractivity contribution in [2.75, 3.05) is 0 Å². The lowest BCUT2D eigenvalue weighted by Gasteiger charge is -2.09. The van der Waals surface area contributed by atoms with Gasteiger partial charge in [-0.15, -0.1) is 11.3 Å². The van der Waals surface area contributed by atoms with Crippen molar-refractivity contribution in [2.45, 2.75) is 0 Å². The average Bonchev–Trinajstić information content (AvgIpc) is 3.73. The summed E-state index contributed by atoms with van der Waals surface area (Å²) in [6.45, 7) is 8.74. The Balaban J connectivity index is 1.30. The summed E-state index contributed by atoms with van der Waals surface area (Å²) in [7, 11) is 0. The largest absolute Gasteiger partial charge is 0.455 e. The van der Waals surface area contributed by atoms with Crippen molar-refractivity contribution in [3.8, 4) is 45.4 Å². The first kappa shape index (κ1) is 29.6. The van der Waals surface area contributed by atoms with Gasteiger partial charge in [-0.3, -0.25) is 0 Å². The van der Waals surface area contributed by atoms with Gasteiger partial charge in [0.1, 0.15) is 11.0 Å². The van der Waals surface area contributed by atoms with Crippen molar-refractivity contribution >= 4 is 54.8 Å². The minimum atomic E-state index is 0.512. The summed E-state index contributed by atoms with van der Waals surface area (Å²) in [5.74, 6) is 2.20. The molecular formula is C43H27N5OS. The Hall–Kier alpha value is -6.57. The van der Waals surface area contributed by atoms with Gasteiger partial charge >= 0.3 is 0 Å². The van der Waals surface area contributed by atoms with Crippen LogP contribution < -0.4 is 10.6 Å². The smallest absolute Gasteiger partial charge is 0.164 e. The fraction of sp³-hybridized carbons (Fsp3) is 0. The molecule has 0 aliphatic carbocycles. The average molecular weight is 662 g/mol. The predicted molar refractivity (Wildman–Crippen MR) is 204 cm³/mol. The van der Waals surface area contributed by atoms with Crippen LogP contribution in [0.2, 0.25) is 0 Å². The predicted octanol–water partition coefficient (Wildman–Crippen LogP) is 9.24. The quantitative estimate of drug-likeness (QED) is 0.177. The number of benzene rings is 5. The second-order valence-corrected chi connectivity index (χ2v) is 12.8. The normalized spacial score (nSPS) is 12.1. The number of aromatic nitrogens is 5. The summed E-state index contributed by atoms with van der Waals surface area (Å²) in [6.07, 6.45) is 1.75. The van der Waals surface area contributed by atoms with Crippen LogP contribution >= 0.6 is 11.3 Å². The van der Waals surface area contributed by atoms with E-state index in [2.05, 4.69) is 43.5 Å². The molecule has 4 heterocycles. The lowest BCUT2D eigenvalue weighted by Crippen LogP contribution is -2.22. The molecule has 0 bridgehead atoms. The molecule has 0 atom stereocenters. The fourth-order valence-corrected chi connectivity index (χ4v) is 7.49. The topological polar surface area (TPSA) is 77.6 Å². The van der Waals surface area contributed by atoms with Gasteiger partial charge in [-0.1, -0.05) is 141 Å². The van der Waals surface area contributed by atoms with Crippen LogP contribution in [0.5, 0.6) is 0 Å². The van der Waals surface area contributed by atoms with Crippen LogP contribution in [0.3, 0.4) is 0 Å². The Bertz CT molecular complexity index is 2790. The number of furan rings is 1. The molecule has 0 aliphatic rings. The van der Waals surface area contributed by atoms with E-state index in [1.165, 1.54) is 0 Å². The first-order valence-corrected chi connectivity index (χ1v) is 17.0. The number of hydrogen-bond acceptors (Lipinski definition) is 7. The van der Waals surface area contributed by atoms with Crippen LogP contribution in [0, 0.1) is 0 Å². The molecule has 50 heavy (non-hydrogen) atoms. The zero-order valence-corrected chi connectivity index (χ0v) is 27.6. The maximum atomic E-state index is 6.61. The lowest BCUT2D eigenvalue weighted by molar-refractivity contribution is 0.573. The molecule has 7 heteroatoms. The molecule has 0 saturated heterocycles. The summed E-state index contributed by atoms with van der Waals surface area (Å²) in [5, 5.41) is 2.56. The monoisotopic (exact) mass is 661 g/mol. The molecule has 236 valence electrons. The van der Waals surface area contributed by atoms with Gasteiger partial charge in [0.05, 0.1) is 21.5 Å². The van der Waals surface area contributed by atoms with E-state index in [9.17, 15) is 0 Å². The molecule has 5 aromatic carbocycles. The summed E-state index contributed by atoms with van der Waals surface area (Å²) >= 11 is 1.70. The zero-order valence-electron chi connectivity index (χ0n) is 26.7. The molecule has 9 aromatic rings. The molecule has 0 saturated carbocycles. The Kier molecular flexibility index (Phi) is 7.18. The van der Waals surface area contributed by atoms with Gasteiger partial charge in [-0.2, -0.15) is 0 Å². The molecule has 0 unspecified atom stereocenters. The minimum Gasteiger partial charge on any atom is -0.455 e. The Morgan fingerprint density at radius 1 is 0.600 bits per heavy atom. The third-order valence-corrected chi connectivity index (χ3v) is 9.88. The van der Waals surface area contributed by atoms with E-state index in [0.29, 0.717) is 45.1 Å². The van der Waals surface area contributed by atoms with E-state index >= 15 is 0 Å². The molecule has 0 N–H and O–H groups in total. The highest BCUT2D eigenvalue weighted by Crippen LogP contribution is 2.38. The number of thiophene rings is 1. The van der Waals surface area contributed by atoms with Gasteiger partial charge in [0.15, 0.2) is 23.3 Å². The van der Waals surface area contributed by atoms with Gasteiger partial charge in [0, 0.05) is 42.9 Å². The van der Waals surface area contributed by atoms with Gasteiger partial charge in [-0.25, -0.2) is 24.9 Å².